The van der Waals surface area contributed by atoms with Crippen molar-refractivity contribution in [3.63, 3.8) is 0 Å². The van der Waals surface area contributed by atoms with Crippen molar-refractivity contribution < 1.29 is 19.3 Å². The zero-order chi connectivity index (χ0) is 17.1. The number of ether oxygens (including phenoxy) is 3. The van der Waals surface area contributed by atoms with Crippen LogP contribution in [0, 0.1) is 0 Å². The average Bonchev–Trinajstić information content (AvgIpc) is 2.57. The van der Waals surface area contributed by atoms with Crippen molar-refractivity contribution in [1.82, 2.24) is 4.90 Å². The lowest BCUT2D eigenvalue weighted by molar-refractivity contribution is 0.0809. The van der Waals surface area contributed by atoms with E-state index < -0.39 is 0 Å². The minimum atomic E-state index is -0.370. The minimum absolute atomic E-state index is 0.370. The molecule has 23 heavy (non-hydrogen) atoms. The van der Waals surface area contributed by atoms with Crippen LogP contribution in [0.1, 0.15) is 18.4 Å². The highest BCUT2D eigenvalue weighted by Crippen LogP contribution is 2.28. The van der Waals surface area contributed by atoms with Crippen LogP contribution in [-0.4, -0.2) is 57.1 Å². The zero-order valence-corrected chi connectivity index (χ0v) is 14.5. The van der Waals surface area contributed by atoms with Gasteiger partial charge in [0, 0.05) is 26.7 Å². The Hall–Kier alpha value is -1.56. The number of aliphatic hydroxyl groups excluding tert-OH is 1. The van der Waals surface area contributed by atoms with Gasteiger partial charge in [-0.2, -0.15) is 0 Å². The van der Waals surface area contributed by atoms with Crippen LogP contribution in [0.4, 0.5) is 0 Å². The summed E-state index contributed by atoms with van der Waals surface area (Å²) in [7, 11) is 4.93. The molecule has 0 aliphatic carbocycles. The van der Waals surface area contributed by atoms with E-state index >= 15 is 0 Å². The first kappa shape index (κ1) is 19.5. The van der Waals surface area contributed by atoms with Crippen LogP contribution < -0.4 is 9.47 Å². The number of allylic oxidation sites excluding steroid dienone is 1. The summed E-state index contributed by atoms with van der Waals surface area (Å²) in [5, 5.41) is 10.1. The van der Waals surface area contributed by atoms with Gasteiger partial charge in [0.05, 0.1) is 26.9 Å². The lowest BCUT2D eigenvalue weighted by atomic mass is 10.1. The van der Waals surface area contributed by atoms with Crippen LogP contribution in [0.2, 0.25) is 0 Å². The number of hydrogen-bond donors (Lipinski definition) is 1. The van der Waals surface area contributed by atoms with Gasteiger partial charge in [-0.25, -0.2) is 0 Å². The highest BCUT2D eigenvalue weighted by atomic mass is 16.5. The smallest absolute Gasteiger partial charge is 0.161 e. The predicted octanol–water partition coefficient (Wildman–Crippen LogP) is 2.48. The Morgan fingerprint density at radius 3 is 2.57 bits per heavy atom. The van der Waals surface area contributed by atoms with E-state index in [0.717, 1.165) is 31.5 Å². The molecule has 0 saturated heterocycles. The van der Waals surface area contributed by atoms with E-state index in [1.807, 2.05) is 24.3 Å². The number of hydrogen-bond acceptors (Lipinski definition) is 5. The molecule has 0 aromatic heterocycles. The molecule has 0 amide bonds. The van der Waals surface area contributed by atoms with Crippen molar-refractivity contribution in [1.29, 1.82) is 0 Å². The molecule has 0 saturated carbocycles. The fraction of sp³-hybridized carbons (Fsp3) is 0.556. The summed E-state index contributed by atoms with van der Waals surface area (Å²) in [5.74, 6) is 1.43. The number of nitrogens with zero attached hydrogens (tertiary/aromatic N) is 1. The van der Waals surface area contributed by atoms with E-state index in [9.17, 15) is 5.11 Å². The second-order valence-electron chi connectivity index (χ2n) is 5.44. The number of methoxy groups -OCH3 is 3. The number of rotatable bonds is 12. The maximum Gasteiger partial charge on any atom is 0.161 e. The van der Waals surface area contributed by atoms with Crippen molar-refractivity contribution in [2.24, 2.45) is 0 Å². The van der Waals surface area contributed by atoms with Crippen molar-refractivity contribution >= 4 is 0 Å². The monoisotopic (exact) mass is 323 g/mol. The zero-order valence-electron chi connectivity index (χ0n) is 14.5. The molecule has 130 valence electrons. The first-order valence-corrected chi connectivity index (χ1v) is 7.85. The molecule has 0 aliphatic rings. The molecule has 1 N–H and O–H groups in total. The molecular formula is C18H29NO4. The Morgan fingerprint density at radius 1 is 1.22 bits per heavy atom. The van der Waals surface area contributed by atoms with Crippen molar-refractivity contribution in [3.8, 4) is 11.5 Å². The summed E-state index contributed by atoms with van der Waals surface area (Å²) in [4.78, 5) is 2.18. The molecule has 1 aromatic rings. The van der Waals surface area contributed by atoms with Crippen LogP contribution >= 0.6 is 0 Å². The van der Waals surface area contributed by atoms with Gasteiger partial charge < -0.3 is 19.3 Å². The molecule has 1 aromatic carbocycles. The van der Waals surface area contributed by atoms with Gasteiger partial charge in [0.2, 0.25) is 0 Å². The SMILES string of the molecule is C=CCC[C@@H](O)CN(CCOC)Cc1ccc(OC)c(OC)c1. The molecule has 0 fully saturated rings. The maximum absolute atomic E-state index is 10.1. The largest absolute Gasteiger partial charge is 0.493 e. The van der Waals surface area contributed by atoms with Crippen molar-refractivity contribution in [3.05, 3.63) is 36.4 Å². The average molecular weight is 323 g/mol. The van der Waals surface area contributed by atoms with Gasteiger partial charge in [0.1, 0.15) is 0 Å². The first-order chi connectivity index (χ1) is 11.1. The van der Waals surface area contributed by atoms with Crippen LogP contribution in [0.15, 0.2) is 30.9 Å². The Balaban J connectivity index is 2.73. The summed E-state index contributed by atoms with van der Waals surface area (Å²) in [6.45, 7) is 6.40. The second-order valence-corrected chi connectivity index (χ2v) is 5.44. The van der Waals surface area contributed by atoms with Gasteiger partial charge in [-0.15, -0.1) is 6.58 Å². The fourth-order valence-corrected chi connectivity index (χ4v) is 2.39. The van der Waals surface area contributed by atoms with Gasteiger partial charge in [0.25, 0.3) is 0 Å². The quantitative estimate of drug-likeness (QED) is 0.599. The molecule has 5 heteroatoms. The third-order valence-corrected chi connectivity index (χ3v) is 3.64. The molecule has 0 spiro atoms. The molecule has 0 radical (unpaired) electrons. The third-order valence-electron chi connectivity index (χ3n) is 3.64. The standard InChI is InChI=1S/C18H29NO4/c1-5-6-7-16(20)14-19(10-11-21-2)13-15-8-9-17(22-3)18(12-15)23-4/h5,8-9,12,16,20H,1,6-7,10-11,13-14H2,2-4H3/t16-/m1/s1. The Morgan fingerprint density at radius 2 is 1.96 bits per heavy atom. The van der Waals surface area contributed by atoms with Crippen LogP contribution in [0.25, 0.3) is 0 Å². The topological polar surface area (TPSA) is 51.2 Å². The lowest BCUT2D eigenvalue weighted by Gasteiger charge is -2.25. The molecule has 0 bridgehead atoms. The first-order valence-electron chi connectivity index (χ1n) is 7.85. The van der Waals surface area contributed by atoms with E-state index in [1.54, 1.807) is 21.3 Å². The van der Waals surface area contributed by atoms with E-state index in [1.165, 1.54) is 0 Å². The molecular weight excluding hydrogens is 294 g/mol. The molecule has 0 heterocycles. The highest BCUT2D eigenvalue weighted by molar-refractivity contribution is 5.42. The third kappa shape index (κ3) is 7.03. The number of aliphatic hydroxyl groups is 1. The molecule has 5 nitrogen and oxygen atoms in total. The van der Waals surface area contributed by atoms with Crippen molar-refractivity contribution in [2.75, 3.05) is 41.0 Å². The van der Waals surface area contributed by atoms with Gasteiger partial charge in [-0.3, -0.25) is 4.90 Å². The molecule has 0 unspecified atom stereocenters. The van der Waals surface area contributed by atoms with E-state index in [0.29, 0.717) is 24.7 Å². The van der Waals surface area contributed by atoms with Gasteiger partial charge in [-0.05, 0) is 30.5 Å². The Kier molecular flexibility index (Phi) is 9.36. The van der Waals surface area contributed by atoms with Gasteiger partial charge >= 0.3 is 0 Å². The summed E-state index contributed by atoms with van der Waals surface area (Å²) in [5.41, 5.74) is 1.11. The molecule has 1 atom stereocenters. The van der Waals surface area contributed by atoms with E-state index in [4.69, 9.17) is 14.2 Å². The summed E-state index contributed by atoms with van der Waals surface area (Å²) >= 11 is 0. The van der Waals surface area contributed by atoms with Crippen LogP contribution in [-0.2, 0) is 11.3 Å². The number of benzene rings is 1. The maximum atomic E-state index is 10.1. The van der Waals surface area contributed by atoms with Gasteiger partial charge in [-0.1, -0.05) is 12.1 Å². The Bertz CT molecular complexity index is 464. The highest BCUT2D eigenvalue weighted by Gasteiger charge is 2.13. The lowest BCUT2D eigenvalue weighted by Crippen LogP contribution is -2.34. The van der Waals surface area contributed by atoms with Crippen molar-refractivity contribution in [2.45, 2.75) is 25.5 Å². The van der Waals surface area contributed by atoms with Gasteiger partial charge in [0.15, 0.2) is 11.5 Å². The molecule has 1 rings (SSSR count). The summed E-state index contributed by atoms with van der Waals surface area (Å²) < 4.78 is 15.8. The summed E-state index contributed by atoms with van der Waals surface area (Å²) in [6.07, 6.45) is 3.00. The minimum Gasteiger partial charge on any atom is -0.493 e. The second kappa shape index (κ2) is 11.0. The predicted molar refractivity (Wildman–Crippen MR) is 92.1 cm³/mol. The van der Waals surface area contributed by atoms with Crippen LogP contribution in [0.3, 0.4) is 0 Å². The molecule has 0 aliphatic heterocycles. The normalized spacial score (nSPS) is 12.2. The Labute approximate surface area is 139 Å². The fourth-order valence-electron chi connectivity index (χ4n) is 2.39. The van der Waals surface area contributed by atoms with Crippen LogP contribution in [0.5, 0.6) is 11.5 Å². The van der Waals surface area contributed by atoms with E-state index in [-0.39, 0.29) is 6.10 Å². The summed E-state index contributed by atoms with van der Waals surface area (Å²) in [6, 6.07) is 5.88. The van der Waals surface area contributed by atoms with E-state index in [2.05, 4.69) is 11.5 Å².